The van der Waals surface area contributed by atoms with Crippen LogP contribution in [0.5, 0.6) is 0 Å². The zero-order valence-corrected chi connectivity index (χ0v) is 15.4. The molecule has 2 rings (SSSR count). The fourth-order valence-corrected chi connectivity index (χ4v) is 3.00. The number of halogens is 1. The van der Waals surface area contributed by atoms with Crippen LogP contribution in [0.3, 0.4) is 0 Å². The third-order valence-electron chi connectivity index (χ3n) is 3.97. The minimum absolute atomic E-state index is 0.149. The standard InChI is InChI=1S/C18H21BrN2O2/c1-5-12-8-7-9-13(6-2)16(12)21-18(23)14-10(3)20-11(4)15(19)17(14)22/h7-9H,5-6H2,1-4H3,(H,20,22)(H,21,23). The lowest BCUT2D eigenvalue weighted by molar-refractivity contribution is 0.102. The molecular weight excluding hydrogens is 356 g/mol. The van der Waals surface area contributed by atoms with Crippen molar-refractivity contribution in [1.82, 2.24) is 4.98 Å². The van der Waals surface area contributed by atoms with Crippen LogP contribution in [-0.4, -0.2) is 10.9 Å². The number of aryl methyl sites for hydroxylation is 4. The van der Waals surface area contributed by atoms with Gasteiger partial charge in [-0.25, -0.2) is 0 Å². The lowest BCUT2D eigenvalue weighted by Crippen LogP contribution is -2.26. The second kappa shape index (κ2) is 7.13. The number of carbonyl (C=O) groups excluding carboxylic acids is 1. The lowest BCUT2D eigenvalue weighted by Gasteiger charge is -2.15. The molecule has 2 aromatic rings. The highest BCUT2D eigenvalue weighted by Gasteiger charge is 2.19. The quantitative estimate of drug-likeness (QED) is 0.842. The van der Waals surface area contributed by atoms with Gasteiger partial charge >= 0.3 is 0 Å². The zero-order chi connectivity index (χ0) is 17.1. The Hall–Kier alpha value is -1.88. The molecule has 122 valence electrons. The summed E-state index contributed by atoms with van der Waals surface area (Å²) in [5, 5.41) is 2.95. The molecule has 1 heterocycles. The average Bonchev–Trinajstić information content (AvgIpc) is 2.52. The summed E-state index contributed by atoms with van der Waals surface area (Å²) in [6, 6.07) is 5.99. The van der Waals surface area contributed by atoms with E-state index in [9.17, 15) is 9.59 Å². The van der Waals surface area contributed by atoms with Crippen molar-refractivity contribution in [1.29, 1.82) is 0 Å². The molecule has 0 aliphatic carbocycles. The number of aromatic nitrogens is 1. The number of hydrogen-bond donors (Lipinski definition) is 2. The normalized spacial score (nSPS) is 10.7. The molecule has 0 aliphatic heterocycles. The van der Waals surface area contributed by atoms with E-state index >= 15 is 0 Å². The first-order chi connectivity index (χ1) is 10.9. The largest absolute Gasteiger partial charge is 0.361 e. The van der Waals surface area contributed by atoms with E-state index in [1.54, 1.807) is 13.8 Å². The smallest absolute Gasteiger partial charge is 0.261 e. The number of para-hydroxylation sites is 1. The molecule has 0 spiro atoms. The number of amides is 1. The minimum atomic E-state index is -0.375. The van der Waals surface area contributed by atoms with E-state index < -0.39 is 0 Å². The highest BCUT2D eigenvalue weighted by molar-refractivity contribution is 9.10. The van der Waals surface area contributed by atoms with Gasteiger partial charge < -0.3 is 10.3 Å². The summed E-state index contributed by atoms with van der Waals surface area (Å²) >= 11 is 3.25. The molecular formula is C18H21BrN2O2. The van der Waals surface area contributed by atoms with Gasteiger partial charge in [0.05, 0.1) is 4.47 Å². The maximum Gasteiger partial charge on any atom is 0.261 e. The molecule has 0 saturated carbocycles. The van der Waals surface area contributed by atoms with Gasteiger partial charge in [0.15, 0.2) is 0 Å². The molecule has 5 heteroatoms. The zero-order valence-electron chi connectivity index (χ0n) is 13.8. The molecule has 0 bridgehead atoms. The maximum atomic E-state index is 12.7. The highest BCUT2D eigenvalue weighted by atomic mass is 79.9. The van der Waals surface area contributed by atoms with Crippen LogP contribution in [-0.2, 0) is 12.8 Å². The summed E-state index contributed by atoms with van der Waals surface area (Å²) in [6.45, 7) is 7.62. The molecule has 1 aromatic carbocycles. The van der Waals surface area contributed by atoms with Crippen LogP contribution in [0, 0.1) is 13.8 Å². The highest BCUT2D eigenvalue weighted by Crippen LogP contribution is 2.23. The number of hydrogen-bond acceptors (Lipinski definition) is 2. The fraction of sp³-hybridized carbons (Fsp3) is 0.333. The molecule has 2 N–H and O–H groups in total. The van der Waals surface area contributed by atoms with Gasteiger partial charge in [-0.15, -0.1) is 0 Å². The Kier molecular flexibility index (Phi) is 5.42. The molecule has 0 aliphatic rings. The van der Waals surface area contributed by atoms with Gasteiger partial charge in [0.2, 0.25) is 5.43 Å². The van der Waals surface area contributed by atoms with Gasteiger partial charge in [-0.05, 0) is 53.7 Å². The van der Waals surface area contributed by atoms with E-state index in [1.807, 2.05) is 32.0 Å². The second-order valence-corrected chi connectivity index (χ2v) is 6.30. The number of benzene rings is 1. The van der Waals surface area contributed by atoms with Crippen LogP contribution >= 0.6 is 15.9 Å². The van der Waals surface area contributed by atoms with Crippen LogP contribution in [0.2, 0.25) is 0 Å². The average molecular weight is 377 g/mol. The Bertz CT molecular complexity index is 787. The van der Waals surface area contributed by atoms with Crippen LogP contribution in [0.15, 0.2) is 27.5 Å². The number of nitrogens with one attached hydrogen (secondary N) is 2. The predicted octanol–water partition coefficient (Wildman–Crippen LogP) is 4.13. The monoisotopic (exact) mass is 376 g/mol. The predicted molar refractivity (Wildman–Crippen MR) is 97.4 cm³/mol. The van der Waals surface area contributed by atoms with Crippen molar-refractivity contribution in [3.8, 4) is 0 Å². The molecule has 0 saturated heterocycles. The fourth-order valence-electron chi connectivity index (χ4n) is 2.70. The third kappa shape index (κ3) is 3.39. The number of rotatable bonds is 4. The minimum Gasteiger partial charge on any atom is -0.361 e. The van der Waals surface area contributed by atoms with Crippen LogP contribution in [0.1, 0.15) is 46.7 Å². The van der Waals surface area contributed by atoms with Crippen molar-refractivity contribution in [2.75, 3.05) is 5.32 Å². The van der Waals surface area contributed by atoms with Gasteiger partial charge in [-0.2, -0.15) is 0 Å². The summed E-state index contributed by atoms with van der Waals surface area (Å²) in [4.78, 5) is 28.2. The van der Waals surface area contributed by atoms with E-state index in [-0.39, 0.29) is 16.9 Å². The lowest BCUT2D eigenvalue weighted by atomic mass is 10.0. The Labute approximate surface area is 144 Å². The summed E-state index contributed by atoms with van der Waals surface area (Å²) in [5.74, 6) is -0.375. The van der Waals surface area contributed by atoms with Gasteiger partial charge in [0.25, 0.3) is 5.91 Å². The van der Waals surface area contributed by atoms with Crippen molar-refractivity contribution in [3.05, 3.63) is 61.0 Å². The van der Waals surface area contributed by atoms with Gasteiger partial charge in [0, 0.05) is 17.1 Å². The number of H-pyrrole nitrogens is 1. The first-order valence-electron chi connectivity index (χ1n) is 7.71. The molecule has 4 nitrogen and oxygen atoms in total. The Balaban J connectivity index is 2.50. The Morgan fingerprint density at radius 1 is 1.13 bits per heavy atom. The van der Waals surface area contributed by atoms with Crippen molar-refractivity contribution < 1.29 is 4.79 Å². The first kappa shape index (κ1) is 17.5. The van der Waals surface area contributed by atoms with Crippen molar-refractivity contribution in [2.24, 2.45) is 0 Å². The number of anilines is 1. The van der Waals surface area contributed by atoms with Gasteiger partial charge in [0.1, 0.15) is 5.56 Å². The molecule has 0 fully saturated rings. The van der Waals surface area contributed by atoms with E-state index in [1.165, 1.54) is 0 Å². The van der Waals surface area contributed by atoms with E-state index in [0.29, 0.717) is 15.9 Å². The molecule has 0 unspecified atom stereocenters. The number of aromatic amines is 1. The topological polar surface area (TPSA) is 62.0 Å². The molecule has 1 aromatic heterocycles. The summed E-state index contributed by atoms with van der Waals surface area (Å²) in [5.41, 5.74) is 4.10. The molecule has 0 atom stereocenters. The van der Waals surface area contributed by atoms with Crippen molar-refractivity contribution in [2.45, 2.75) is 40.5 Å². The number of pyridine rings is 1. The van der Waals surface area contributed by atoms with E-state index in [4.69, 9.17) is 0 Å². The summed E-state index contributed by atoms with van der Waals surface area (Å²) in [7, 11) is 0. The Morgan fingerprint density at radius 3 is 2.22 bits per heavy atom. The molecule has 23 heavy (non-hydrogen) atoms. The van der Waals surface area contributed by atoms with E-state index in [0.717, 1.165) is 29.7 Å². The molecule has 1 amide bonds. The maximum absolute atomic E-state index is 12.7. The van der Waals surface area contributed by atoms with Gasteiger partial charge in [-0.1, -0.05) is 32.0 Å². The van der Waals surface area contributed by atoms with Crippen molar-refractivity contribution in [3.63, 3.8) is 0 Å². The van der Waals surface area contributed by atoms with Crippen LogP contribution < -0.4 is 10.7 Å². The van der Waals surface area contributed by atoms with E-state index in [2.05, 4.69) is 26.2 Å². The summed E-state index contributed by atoms with van der Waals surface area (Å²) < 4.78 is 0.396. The van der Waals surface area contributed by atoms with Crippen LogP contribution in [0.4, 0.5) is 5.69 Å². The Morgan fingerprint density at radius 2 is 1.70 bits per heavy atom. The van der Waals surface area contributed by atoms with Crippen LogP contribution in [0.25, 0.3) is 0 Å². The van der Waals surface area contributed by atoms with Crippen molar-refractivity contribution >= 4 is 27.5 Å². The second-order valence-electron chi connectivity index (χ2n) is 5.51. The van der Waals surface area contributed by atoms with Gasteiger partial charge in [-0.3, -0.25) is 9.59 Å². The number of carbonyl (C=O) groups is 1. The first-order valence-corrected chi connectivity index (χ1v) is 8.51. The molecule has 0 radical (unpaired) electrons. The summed E-state index contributed by atoms with van der Waals surface area (Å²) in [6.07, 6.45) is 1.63. The third-order valence-corrected chi connectivity index (χ3v) is 4.92. The SMILES string of the molecule is CCc1cccc(CC)c1NC(=O)c1c(C)[nH]c(C)c(Br)c1=O.